The van der Waals surface area contributed by atoms with Gasteiger partial charge in [-0.1, -0.05) is 0 Å². The molecule has 2 N–H and O–H groups in total. The van der Waals surface area contributed by atoms with Gasteiger partial charge in [0.1, 0.15) is 0 Å². The Labute approximate surface area is 105 Å². The van der Waals surface area contributed by atoms with Crippen LogP contribution < -0.4 is 10.6 Å². The first-order valence-electron chi connectivity index (χ1n) is 6.10. The monoisotopic (exact) mass is 258 g/mol. The third kappa shape index (κ3) is 2.46. The molecule has 1 aliphatic rings. The number of halogens is 3. The lowest BCUT2D eigenvalue weighted by Crippen LogP contribution is -2.28. The molecule has 18 heavy (non-hydrogen) atoms. The molecule has 1 unspecified atom stereocenters. The average Bonchev–Trinajstić information content (AvgIpc) is 2.73. The Balaban J connectivity index is 2.37. The largest absolute Gasteiger partial charge is 0.416 e. The summed E-state index contributed by atoms with van der Waals surface area (Å²) in [5.41, 5.74) is 6.37. The van der Waals surface area contributed by atoms with Gasteiger partial charge in [0, 0.05) is 24.8 Å². The molecular formula is C13H17F3N2. The summed E-state index contributed by atoms with van der Waals surface area (Å²) < 4.78 is 37.9. The standard InChI is InChI=1S/C13H17F3N2/c1-9-3-2-6-18(9)12-5-4-11(13(14,15)16)7-10(12)8-17/h4-5,7,9H,2-3,6,8,17H2,1H3. The van der Waals surface area contributed by atoms with Gasteiger partial charge in [0.25, 0.3) is 0 Å². The van der Waals surface area contributed by atoms with E-state index in [1.165, 1.54) is 6.07 Å². The van der Waals surface area contributed by atoms with Crippen LogP contribution in [0, 0.1) is 0 Å². The molecule has 2 rings (SSSR count). The number of nitrogens with two attached hydrogens (primary N) is 1. The van der Waals surface area contributed by atoms with Gasteiger partial charge in [0.2, 0.25) is 0 Å². The van der Waals surface area contributed by atoms with Gasteiger partial charge in [0.05, 0.1) is 5.56 Å². The minimum absolute atomic E-state index is 0.127. The van der Waals surface area contributed by atoms with Crippen LogP contribution >= 0.6 is 0 Å². The van der Waals surface area contributed by atoms with Crippen molar-refractivity contribution < 1.29 is 13.2 Å². The molecule has 1 heterocycles. The number of anilines is 1. The molecule has 1 aromatic rings. The van der Waals surface area contributed by atoms with Crippen molar-refractivity contribution >= 4 is 5.69 Å². The Hall–Kier alpha value is -1.23. The molecule has 1 aliphatic heterocycles. The third-order valence-corrected chi connectivity index (χ3v) is 3.49. The molecule has 0 amide bonds. The van der Waals surface area contributed by atoms with Crippen molar-refractivity contribution in [3.63, 3.8) is 0 Å². The second-order valence-electron chi connectivity index (χ2n) is 4.73. The SMILES string of the molecule is CC1CCCN1c1ccc(C(F)(F)F)cc1CN. The fraction of sp³-hybridized carbons (Fsp3) is 0.538. The Morgan fingerprint density at radius 2 is 2.11 bits per heavy atom. The Morgan fingerprint density at radius 3 is 2.61 bits per heavy atom. The zero-order chi connectivity index (χ0) is 13.3. The summed E-state index contributed by atoms with van der Waals surface area (Å²) in [5, 5.41) is 0. The van der Waals surface area contributed by atoms with Gasteiger partial charge in [-0.2, -0.15) is 13.2 Å². The summed E-state index contributed by atoms with van der Waals surface area (Å²) in [7, 11) is 0. The molecule has 1 fully saturated rings. The van der Waals surface area contributed by atoms with Crippen LogP contribution in [0.4, 0.5) is 18.9 Å². The van der Waals surface area contributed by atoms with Gasteiger partial charge in [-0.05, 0) is 43.5 Å². The smallest absolute Gasteiger partial charge is 0.369 e. The summed E-state index contributed by atoms with van der Waals surface area (Å²) in [5.74, 6) is 0. The molecule has 0 bridgehead atoms. The number of nitrogens with zero attached hydrogens (tertiary/aromatic N) is 1. The Kier molecular flexibility index (Phi) is 3.52. The predicted octanol–water partition coefficient (Wildman–Crippen LogP) is 3.15. The van der Waals surface area contributed by atoms with E-state index in [-0.39, 0.29) is 6.54 Å². The fourth-order valence-electron chi connectivity index (χ4n) is 2.50. The molecule has 1 aromatic carbocycles. The van der Waals surface area contributed by atoms with Gasteiger partial charge in [-0.3, -0.25) is 0 Å². The maximum atomic E-state index is 12.6. The topological polar surface area (TPSA) is 29.3 Å². The van der Waals surface area contributed by atoms with Crippen molar-refractivity contribution in [2.24, 2.45) is 5.73 Å². The lowest BCUT2D eigenvalue weighted by atomic mass is 10.1. The van der Waals surface area contributed by atoms with E-state index in [0.717, 1.165) is 31.1 Å². The molecule has 100 valence electrons. The summed E-state index contributed by atoms with van der Waals surface area (Å²) in [6.45, 7) is 3.10. The zero-order valence-corrected chi connectivity index (χ0v) is 10.3. The summed E-state index contributed by atoms with van der Waals surface area (Å²) in [6.07, 6.45) is -2.16. The van der Waals surface area contributed by atoms with E-state index in [9.17, 15) is 13.2 Å². The summed E-state index contributed by atoms with van der Waals surface area (Å²) >= 11 is 0. The van der Waals surface area contributed by atoms with E-state index in [0.29, 0.717) is 11.6 Å². The second-order valence-corrected chi connectivity index (χ2v) is 4.73. The van der Waals surface area contributed by atoms with Crippen molar-refractivity contribution in [3.05, 3.63) is 29.3 Å². The van der Waals surface area contributed by atoms with Crippen LogP contribution in [-0.2, 0) is 12.7 Å². The fourth-order valence-corrected chi connectivity index (χ4v) is 2.50. The molecule has 0 spiro atoms. The van der Waals surface area contributed by atoms with Gasteiger partial charge < -0.3 is 10.6 Å². The van der Waals surface area contributed by atoms with Crippen LogP contribution in [0.25, 0.3) is 0 Å². The third-order valence-electron chi connectivity index (χ3n) is 3.49. The van der Waals surface area contributed by atoms with E-state index in [2.05, 4.69) is 11.8 Å². The van der Waals surface area contributed by atoms with Crippen molar-refractivity contribution in [1.29, 1.82) is 0 Å². The minimum atomic E-state index is -4.31. The number of alkyl halides is 3. The van der Waals surface area contributed by atoms with Gasteiger partial charge in [-0.25, -0.2) is 0 Å². The molecule has 0 aliphatic carbocycles. The van der Waals surface area contributed by atoms with Crippen LogP contribution in [0.1, 0.15) is 30.9 Å². The molecule has 0 aromatic heterocycles. The molecular weight excluding hydrogens is 241 g/mol. The van der Waals surface area contributed by atoms with E-state index < -0.39 is 11.7 Å². The maximum absolute atomic E-state index is 12.6. The quantitative estimate of drug-likeness (QED) is 0.883. The molecule has 2 nitrogen and oxygen atoms in total. The van der Waals surface area contributed by atoms with Crippen LogP contribution in [0.15, 0.2) is 18.2 Å². The summed E-state index contributed by atoms with van der Waals surface area (Å²) in [4.78, 5) is 2.14. The number of rotatable bonds is 2. The summed E-state index contributed by atoms with van der Waals surface area (Å²) in [6, 6.07) is 4.22. The zero-order valence-electron chi connectivity index (χ0n) is 10.3. The first kappa shape index (κ1) is 13.2. The van der Waals surface area contributed by atoms with Gasteiger partial charge in [0.15, 0.2) is 0 Å². The van der Waals surface area contributed by atoms with E-state index in [1.54, 1.807) is 6.07 Å². The predicted molar refractivity (Wildman–Crippen MR) is 65.4 cm³/mol. The second kappa shape index (κ2) is 4.80. The molecule has 0 radical (unpaired) electrons. The van der Waals surface area contributed by atoms with E-state index in [1.807, 2.05) is 0 Å². The van der Waals surface area contributed by atoms with E-state index in [4.69, 9.17) is 5.73 Å². The van der Waals surface area contributed by atoms with Crippen LogP contribution in [0.3, 0.4) is 0 Å². The highest BCUT2D eigenvalue weighted by atomic mass is 19.4. The van der Waals surface area contributed by atoms with E-state index >= 15 is 0 Å². The highest BCUT2D eigenvalue weighted by Crippen LogP contribution is 2.34. The number of hydrogen-bond donors (Lipinski definition) is 1. The highest BCUT2D eigenvalue weighted by molar-refractivity contribution is 5.56. The first-order valence-corrected chi connectivity index (χ1v) is 6.10. The molecule has 1 atom stereocenters. The Bertz CT molecular complexity index is 429. The Morgan fingerprint density at radius 1 is 1.39 bits per heavy atom. The van der Waals surface area contributed by atoms with Crippen LogP contribution in [0.5, 0.6) is 0 Å². The maximum Gasteiger partial charge on any atom is 0.416 e. The first-order chi connectivity index (χ1) is 8.43. The average molecular weight is 258 g/mol. The van der Waals surface area contributed by atoms with Crippen LogP contribution in [-0.4, -0.2) is 12.6 Å². The lowest BCUT2D eigenvalue weighted by molar-refractivity contribution is -0.137. The minimum Gasteiger partial charge on any atom is -0.369 e. The molecule has 5 heteroatoms. The molecule has 1 saturated heterocycles. The van der Waals surface area contributed by atoms with Crippen molar-refractivity contribution in [2.75, 3.05) is 11.4 Å². The van der Waals surface area contributed by atoms with Crippen LogP contribution in [0.2, 0.25) is 0 Å². The molecule has 0 saturated carbocycles. The number of hydrogen-bond acceptors (Lipinski definition) is 2. The van der Waals surface area contributed by atoms with Gasteiger partial charge >= 0.3 is 6.18 Å². The van der Waals surface area contributed by atoms with Gasteiger partial charge in [-0.15, -0.1) is 0 Å². The number of benzene rings is 1. The van der Waals surface area contributed by atoms with Crippen molar-refractivity contribution in [1.82, 2.24) is 0 Å². The van der Waals surface area contributed by atoms with Crippen molar-refractivity contribution in [2.45, 2.75) is 38.5 Å². The highest BCUT2D eigenvalue weighted by Gasteiger charge is 2.32. The van der Waals surface area contributed by atoms with Crippen molar-refractivity contribution in [3.8, 4) is 0 Å². The lowest BCUT2D eigenvalue weighted by Gasteiger charge is -2.26. The normalized spacial score (nSPS) is 20.5.